The maximum Gasteiger partial charge on any atom is 0.123 e. The first-order chi connectivity index (χ1) is 10.2. The van der Waals surface area contributed by atoms with E-state index < -0.39 is 0 Å². The van der Waals surface area contributed by atoms with Crippen LogP contribution >= 0.6 is 0 Å². The second-order valence-corrected chi connectivity index (χ2v) is 6.12. The minimum Gasteiger partial charge on any atom is -0.307 e. The van der Waals surface area contributed by atoms with Crippen LogP contribution < -0.4 is 5.32 Å². The summed E-state index contributed by atoms with van der Waals surface area (Å²) in [4.78, 5) is 0. The number of nitrogens with one attached hydrogen (secondary N) is 1. The molecule has 2 atom stereocenters. The summed E-state index contributed by atoms with van der Waals surface area (Å²) in [6.45, 7) is 2.23. The summed E-state index contributed by atoms with van der Waals surface area (Å²) >= 11 is 0. The zero-order valence-electron chi connectivity index (χ0n) is 12.4. The highest BCUT2D eigenvalue weighted by Crippen LogP contribution is 2.41. The van der Waals surface area contributed by atoms with Gasteiger partial charge in [0, 0.05) is 12.1 Å². The summed E-state index contributed by atoms with van der Waals surface area (Å²) in [5.74, 6) is 0.541. The van der Waals surface area contributed by atoms with E-state index in [9.17, 15) is 4.39 Å². The van der Waals surface area contributed by atoms with Crippen LogP contribution in [0.15, 0.2) is 54.6 Å². The Bertz CT molecular complexity index is 560. The second kappa shape index (κ2) is 6.40. The van der Waals surface area contributed by atoms with Crippen molar-refractivity contribution in [1.82, 2.24) is 5.32 Å². The van der Waals surface area contributed by atoms with E-state index in [4.69, 9.17) is 0 Å². The highest BCUT2D eigenvalue weighted by atomic mass is 19.1. The van der Waals surface area contributed by atoms with Gasteiger partial charge in [0.15, 0.2) is 0 Å². The van der Waals surface area contributed by atoms with Crippen LogP contribution in [0.4, 0.5) is 4.39 Å². The Morgan fingerprint density at radius 3 is 2.33 bits per heavy atom. The fourth-order valence-electron chi connectivity index (χ4n) is 2.94. The molecular weight excluding hydrogens is 261 g/mol. The minimum atomic E-state index is -0.161. The van der Waals surface area contributed by atoms with Crippen molar-refractivity contribution in [3.05, 3.63) is 71.5 Å². The number of benzene rings is 2. The molecule has 0 aliphatic heterocycles. The van der Waals surface area contributed by atoms with Gasteiger partial charge in [-0.15, -0.1) is 0 Å². The van der Waals surface area contributed by atoms with Crippen molar-refractivity contribution in [2.45, 2.75) is 38.3 Å². The number of halogens is 1. The number of hydrogen-bond donors (Lipinski definition) is 1. The maximum atomic E-state index is 13.1. The number of hydrogen-bond acceptors (Lipinski definition) is 1. The van der Waals surface area contributed by atoms with Gasteiger partial charge in [0.25, 0.3) is 0 Å². The van der Waals surface area contributed by atoms with E-state index in [0.717, 1.165) is 6.42 Å². The van der Waals surface area contributed by atoms with Gasteiger partial charge >= 0.3 is 0 Å². The van der Waals surface area contributed by atoms with Gasteiger partial charge in [0.2, 0.25) is 0 Å². The molecule has 1 aliphatic carbocycles. The van der Waals surface area contributed by atoms with Crippen LogP contribution in [-0.4, -0.2) is 6.04 Å². The second-order valence-electron chi connectivity index (χ2n) is 6.12. The molecular formula is C19H22FN. The molecule has 0 amide bonds. The average Bonchev–Trinajstić information content (AvgIpc) is 3.31. The standard InChI is InChI=1S/C19H22FN/c1-14(13-15-5-3-2-4-6-15)21-19(16-7-8-16)17-9-11-18(20)12-10-17/h2-6,9-12,14,16,19,21H,7-8,13H2,1H3. The van der Waals surface area contributed by atoms with Crippen molar-refractivity contribution in [2.24, 2.45) is 5.92 Å². The first-order valence-electron chi connectivity index (χ1n) is 7.78. The predicted octanol–water partition coefficient (Wildman–Crippen LogP) is 4.50. The SMILES string of the molecule is CC(Cc1ccccc1)NC(c1ccc(F)cc1)C1CC1. The smallest absolute Gasteiger partial charge is 0.123 e. The highest BCUT2D eigenvalue weighted by molar-refractivity contribution is 5.22. The van der Waals surface area contributed by atoms with E-state index >= 15 is 0 Å². The monoisotopic (exact) mass is 283 g/mol. The Hall–Kier alpha value is -1.67. The minimum absolute atomic E-state index is 0.161. The van der Waals surface area contributed by atoms with Crippen molar-refractivity contribution in [1.29, 1.82) is 0 Å². The van der Waals surface area contributed by atoms with Gasteiger partial charge in [0.05, 0.1) is 0 Å². The molecule has 1 saturated carbocycles. The van der Waals surface area contributed by atoms with E-state index in [-0.39, 0.29) is 5.82 Å². The van der Waals surface area contributed by atoms with Gasteiger partial charge < -0.3 is 5.32 Å². The molecule has 2 heteroatoms. The normalized spacial score (nSPS) is 17.4. The molecule has 1 nitrogen and oxygen atoms in total. The Morgan fingerprint density at radius 2 is 1.71 bits per heavy atom. The van der Waals surface area contributed by atoms with Gasteiger partial charge in [-0.25, -0.2) is 4.39 Å². The third-order valence-corrected chi connectivity index (χ3v) is 4.17. The lowest BCUT2D eigenvalue weighted by molar-refractivity contribution is 0.417. The van der Waals surface area contributed by atoms with Crippen LogP contribution in [0.3, 0.4) is 0 Å². The van der Waals surface area contributed by atoms with Crippen molar-refractivity contribution >= 4 is 0 Å². The van der Waals surface area contributed by atoms with E-state index in [2.05, 4.69) is 36.5 Å². The summed E-state index contributed by atoms with van der Waals surface area (Å²) in [5.41, 5.74) is 2.56. The molecule has 0 bridgehead atoms. The Kier molecular flexibility index (Phi) is 4.35. The molecule has 1 N–H and O–H groups in total. The molecule has 0 heterocycles. The molecule has 110 valence electrons. The largest absolute Gasteiger partial charge is 0.307 e. The molecule has 21 heavy (non-hydrogen) atoms. The molecule has 0 radical (unpaired) electrons. The van der Waals surface area contributed by atoms with Gasteiger partial charge in [0.1, 0.15) is 5.82 Å². The van der Waals surface area contributed by atoms with Crippen molar-refractivity contribution in [2.75, 3.05) is 0 Å². The van der Waals surface area contributed by atoms with Crippen LogP contribution in [0.5, 0.6) is 0 Å². The third kappa shape index (κ3) is 3.92. The maximum absolute atomic E-state index is 13.1. The van der Waals surface area contributed by atoms with Crippen LogP contribution in [0.1, 0.15) is 36.9 Å². The Morgan fingerprint density at radius 1 is 1.05 bits per heavy atom. The van der Waals surface area contributed by atoms with E-state index in [1.165, 1.54) is 24.0 Å². The average molecular weight is 283 g/mol. The molecule has 2 aromatic carbocycles. The summed E-state index contributed by atoms with van der Waals surface area (Å²) in [6.07, 6.45) is 3.56. The lowest BCUT2D eigenvalue weighted by atomic mass is 9.99. The molecule has 0 spiro atoms. The Balaban J connectivity index is 1.66. The molecule has 1 aliphatic rings. The summed E-state index contributed by atoms with van der Waals surface area (Å²) in [6, 6.07) is 18.3. The van der Waals surface area contributed by atoms with Crippen LogP contribution in [-0.2, 0) is 6.42 Å². The fourth-order valence-corrected chi connectivity index (χ4v) is 2.94. The zero-order valence-corrected chi connectivity index (χ0v) is 12.4. The summed E-state index contributed by atoms with van der Waals surface area (Å²) in [5, 5.41) is 3.74. The highest BCUT2D eigenvalue weighted by Gasteiger charge is 2.32. The molecule has 0 aromatic heterocycles. The molecule has 0 saturated heterocycles. The van der Waals surface area contributed by atoms with Gasteiger partial charge in [-0.1, -0.05) is 42.5 Å². The van der Waals surface area contributed by atoms with Gasteiger partial charge in [-0.05, 0) is 55.4 Å². The van der Waals surface area contributed by atoms with E-state index in [1.54, 1.807) is 12.1 Å². The Labute approximate surface area is 126 Å². The van der Waals surface area contributed by atoms with Crippen LogP contribution in [0.2, 0.25) is 0 Å². The molecule has 2 aromatic rings. The quantitative estimate of drug-likeness (QED) is 0.823. The molecule has 2 unspecified atom stereocenters. The topological polar surface area (TPSA) is 12.0 Å². The van der Waals surface area contributed by atoms with Crippen LogP contribution in [0.25, 0.3) is 0 Å². The summed E-state index contributed by atoms with van der Waals surface area (Å²) in [7, 11) is 0. The fraction of sp³-hybridized carbons (Fsp3) is 0.368. The van der Waals surface area contributed by atoms with Crippen molar-refractivity contribution < 1.29 is 4.39 Å². The third-order valence-electron chi connectivity index (χ3n) is 4.17. The van der Waals surface area contributed by atoms with Crippen molar-refractivity contribution in [3.63, 3.8) is 0 Å². The van der Waals surface area contributed by atoms with Gasteiger partial charge in [-0.3, -0.25) is 0 Å². The van der Waals surface area contributed by atoms with Gasteiger partial charge in [-0.2, -0.15) is 0 Å². The first kappa shape index (κ1) is 14.3. The van der Waals surface area contributed by atoms with E-state index in [0.29, 0.717) is 18.0 Å². The predicted molar refractivity (Wildman–Crippen MR) is 84.6 cm³/mol. The van der Waals surface area contributed by atoms with Crippen LogP contribution in [0, 0.1) is 11.7 Å². The number of rotatable bonds is 6. The molecule has 1 fully saturated rings. The lowest BCUT2D eigenvalue weighted by Gasteiger charge is -2.24. The first-order valence-corrected chi connectivity index (χ1v) is 7.78. The zero-order chi connectivity index (χ0) is 14.7. The lowest BCUT2D eigenvalue weighted by Crippen LogP contribution is -2.33. The van der Waals surface area contributed by atoms with E-state index in [1.807, 2.05) is 18.2 Å². The summed E-state index contributed by atoms with van der Waals surface area (Å²) < 4.78 is 13.1. The molecule has 3 rings (SSSR count). The van der Waals surface area contributed by atoms with Crippen molar-refractivity contribution in [3.8, 4) is 0 Å².